The minimum Gasteiger partial charge on any atom is -0.198 e. The van der Waals surface area contributed by atoms with Gasteiger partial charge in [0.1, 0.15) is 0 Å². The molecular weight excluding hydrogens is 218 g/mol. The Balaban J connectivity index is 1.53. The van der Waals surface area contributed by atoms with Gasteiger partial charge in [-0.05, 0) is 73.0 Å². The summed E-state index contributed by atoms with van der Waals surface area (Å²) in [7, 11) is 0. The Labute approximate surface area is 110 Å². The highest BCUT2D eigenvalue weighted by molar-refractivity contribution is 5.21. The van der Waals surface area contributed by atoms with E-state index in [0.717, 1.165) is 60.2 Å². The van der Waals surface area contributed by atoms with Crippen molar-refractivity contribution in [2.24, 2.45) is 47.3 Å². The van der Waals surface area contributed by atoms with Gasteiger partial charge in [-0.3, -0.25) is 0 Å². The molecule has 0 spiro atoms. The minimum atomic E-state index is 0.765. The van der Waals surface area contributed by atoms with E-state index in [2.05, 4.69) is 25.1 Å². The first kappa shape index (κ1) is 11.1. The number of hydrogen-bond acceptors (Lipinski definition) is 1. The normalized spacial score (nSPS) is 54.9. The first-order chi connectivity index (χ1) is 8.81. The molecule has 0 aromatic carbocycles. The second kappa shape index (κ2) is 3.86. The fourth-order valence-corrected chi connectivity index (χ4v) is 6.36. The Morgan fingerprint density at radius 2 is 1.83 bits per heavy atom. The molecule has 0 radical (unpaired) electrons. The van der Waals surface area contributed by atoms with Crippen LogP contribution in [0.5, 0.6) is 0 Å². The number of allylic oxidation sites excluding steroid dienone is 2. The summed E-state index contributed by atoms with van der Waals surface area (Å²) in [5.41, 5.74) is 0. The van der Waals surface area contributed by atoms with Crippen LogP contribution in [0.1, 0.15) is 39.0 Å². The highest BCUT2D eigenvalue weighted by atomic mass is 14.7. The molecule has 8 atom stereocenters. The average molecular weight is 241 g/mol. The smallest absolute Gasteiger partial charge is 0.0621 e. The fraction of sp³-hybridized carbons (Fsp3) is 0.824. The van der Waals surface area contributed by atoms with Crippen LogP contribution in [0.4, 0.5) is 0 Å². The van der Waals surface area contributed by atoms with Crippen molar-refractivity contribution < 1.29 is 0 Å². The lowest BCUT2D eigenvalue weighted by molar-refractivity contribution is 0.0912. The van der Waals surface area contributed by atoms with E-state index >= 15 is 0 Å². The second-order valence-electron chi connectivity index (χ2n) is 7.24. The minimum absolute atomic E-state index is 0.765. The van der Waals surface area contributed by atoms with Gasteiger partial charge in [0, 0.05) is 6.42 Å². The van der Waals surface area contributed by atoms with Crippen molar-refractivity contribution in [2.75, 3.05) is 0 Å². The Morgan fingerprint density at radius 1 is 1.11 bits per heavy atom. The molecule has 4 aliphatic rings. The predicted molar refractivity (Wildman–Crippen MR) is 71.4 cm³/mol. The molecule has 0 amide bonds. The van der Waals surface area contributed by atoms with E-state index in [9.17, 15) is 0 Å². The number of hydrogen-bond donors (Lipinski definition) is 0. The number of fused-ring (bicyclic) bond motifs is 9. The Kier molecular flexibility index (Phi) is 2.38. The summed E-state index contributed by atoms with van der Waals surface area (Å²) in [6.07, 6.45) is 11.3. The lowest BCUT2D eigenvalue weighted by Gasteiger charge is -2.40. The van der Waals surface area contributed by atoms with E-state index in [1.54, 1.807) is 0 Å². The third kappa shape index (κ3) is 1.27. The highest BCUT2D eigenvalue weighted by Crippen LogP contribution is 2.69. The summed E-state index contributed by atoms with van der Waals surface area (Å²) >= 11 is 0. The van der Waals surface area contributed by atoms with Crippen LogP contribution in [-0.4, -0.2) is 0 Å². The van der Waals surface area contributed by atoms with E-state index in [4.69, 9.17) is 5.26 Å². The first-order valence-electron chi connectivity index (χ1n) is 7.86. The summed E-state index contributed by atoms with van der Waals surface area (Å²) in [5.74, 6) is 7.86. The van der Waals surface area contributed by atoms with Crippen molar-refractivity contribution in [2.45, 2.75) is 39.0 Å². The maximum Gasteiger partial charge on any atom is 0.0621 e. The predicted octanol–water partition coefficient (Wildman–Crippen LogP) is 4.02. The molecule has 1 nitrogen and oxygen atoms in total. The van der Waals surface area contributed by atoms with Crippen molar-refractivity contribution in [1.82, 2.24) is 0 Å². The highest BCUT2D eigenvalue weighted by Gasteiger charge is 2.62. The van der Waals surface area contributed by atoms with E-state index < -0.39 is 0 Å². The Morgan fingerprint density at radius 3 is 2.56 bits per heavy atom. The van der Waals surface area contributed by atoms with Gasteiger partial charge in [0.2, 0.25) is 0 Å². The van der Waals surface area contributed by atoms with Crippen LogP contribution < -0.4 is 0 Å². The van der Waals surface area contributed by atoms with E-state index in [1.165, 1.54) is 19.3 Å². The number of unbranched alkanes of at least 4 members (excludes halogenated alkanes) is 1. The van der Waals surface area contributed by atoms with Gasteiger partial charge in [-0.1, -0.05) is 19.1 Å². The Hall–Kier alpha value is -0.770. The van der Waals surface area contributed by atoms with Crippen molar-refractivity contribution in [1.29, 1.82) is 5.26 Å². The molecule has 4 rings (SSSR count). The zero-order valence-electron chi connectivity index (χ0n) is 11.3. The van der Waals surface area contributed by atoms with Crippen LogP contribution in [0.2, 0.25) is 0 Å². The molecule has 18 heavy (non-hydrogen) atoms. The van der Waals surface area contributed by atoms with Gasteiger partial charge >= 0.3 is 0 Å². The fourth-order valence-electron chi connectivity index (χ4n) is 6.36. The number of nitrogens with zero attached hydrogens (tertiary/aromatic N) is 1. The van der Waals surface area contributed by atoms with Gasteiger partial charge in [-0.25, -0.2) is 0 Å². The Bertz CT molecular complexity index is 418. The van der Waals surface area contributed by atoms with E-state index in [0.29, 0.717) is 0 Å². The van der Waals surface area contributed by atoms with Gasteiger partial charge in [-0.15, -0.1) is 0 Å². The summed E-state index contributed by atoms with van der Waals surface area (Å²) in [4.78, 5) is 0. The van der Waals surface area contributed by atoms with E-state index in [-0.39, 0.29) is 0 Å². The molecule has 0 heterocycles. The molecule has 96 valence electrons. The molecule has 3 saturated carbocycles. The maximum absolute atomic E-state index is 8.71. The summed E-state index contributed by atoms with van der Waals surface area (Å²) in [5, 5.41) is 8.71. The molecule has 1 heteroatoms. The average Bonchev–Trinajstić information content (AvgIpc) is 3.07. The lowest BCUT2D eigenvalue weighted by Crippen LogP contribution is -2.35. The van der Waals surface area contributed by atoms with Gasteiger partial charge in [0.15, 0.2) is 0 Å². The zero-order valence-corrected chi connectivity index (χ0v) is 11.3. The molecule has 4 bridgehead atoms. The molecule has 0 saturated heterocycles. The third-order valence-corrected chi connectivity index (χ3v) is 6.84. The maximum atomic E-state index is 8.71. The topological polar surface area (TPSA) is 23.8 Å². The first-order valence-corrected chi connectivity index (χ1v) is 7.86. The monoisotopic (exact) mass is 241 g/mol. The standard InChI is InChI=1S/C17H23N/c1-10-13(4-2-3-7-18)15-9-14(10)16-11-5-6-12(8-11)17(15)16/h5-6,10-17H,2-4,8-9H2,1H3. The molecule has 3 fully saturated rings. The lowest BCUT2D eigenvalue weighted by atomic mass is 9.64. The van der Waals surface area contributed by atoms with Crippen LogP contribution in [0.3, 0.4) is 0 Å². The van der Waals surface area contributed by atoms with Gasteiger partial charge in [0.05, 0.1) is 6.07 Å². The van der Waals surface area contributed by atoms with E-state index in [1.807, 2.05) is 0 Å². The molecule has 0 aromatic rings. The molecule has 4 aliphatic carbocycles. The molecular formula is C17H23N. The second-order valence-corrected chi connectivity index (χ2v) is 7.24. The van der Waals surface area contributed by atoms with Crippen molar-refractivity contribution in [3.05, 3.63) is 12.2 Å². The molecule has 0 aliphatic heterocycles. The van der Waals surface area contributed by atoms with Crippen LogP contribution in [0.25, 0.3) is 0 Å². The summed E-state index contributed by atoms with van der Waals surface area (Å²) in [6.45, 7) is 2.51. The zero-order chi connectivity index (χ0) is 12.3. The van der Waals surface area contributed by atoms with Gasteiger partial charge in [-0.2, -0.15) is 5.26 Å². The van der Waals surface area contributed by atoms with Crippen LogP contribution in [0, 0.1) is 58.7 Å². The molecule has 8 unspecified atom stereocenters. The summed E-state index contributed by atoms with van der Waals surface area (Å²) in [6, 6.07) is 2.31. The van der Waals surface area contributed by atoms with Crippen LogP contribution in [-0.2, 0) is 0 Å². The van der Waals surface area contributed by atoms with Crippen molar-refractivity contribution in [3.63, 3.8) is 0 Å². The van der Waals surface area contributed by atoms with Gasteiger partial charge in [0.25, 0.3) is 0 Å². The van der Waals surface area contributed by atoms with Crippen LogP contribution in [0.15, 0.2) is 12.2 Å². The molecule has 0 N–H and O–H groups in total. The third-order valence-electron chi connectivity index (χ3n) is 6.84. The van der Waals surface area contributed by atoms with Crippen molar-refractivity contribution in [3.8, 4) is 6.07 Å². The summed E-state index contributed by atoms with van der Waals surface area (Å²) < 4.78 is 0. The van der Waals surface area contributed by atoms with Crippen molar-refractivity contribution >= 4 is 0 Å². The number of nitriles is 1. The van der Waals surface area contributed by atoms with Gasteiger partial charge < -0.3 is 0 Å². The number of rotatable bonds is 3. The molecule has 0 aromatic heterocycles. The largest absolute Gasteiger partial charge is 0.198 e. The quantitative estimate of drug-likeness (QED) is 0.416. The van der Waals surface area contributed by atoms with Crippen LogP contribution >= 0.6 is 0 Å². The SMILES string of the molecule is CC1C(CCCC#N)C2CC1C1C3C=CC(C3)C21.